The second-order valence-corrected chi connectivity index (χ2v) is 5.37. The van der Waals surface area contributed by atoms with E-state index in [1.165, 1.54) is 0 Å². The van der Waals surface area contributed by atoms with E-state index in [-0.39, 0.29) is 6.54 Å². The van der Waals surface area contributed by atoms with Crippen molar-refractivity contribution in [3.63, 3.8) is 0 Å². The highest BCUT2D eigenvalue weighted by atomic mass is 16.3. The Balaban J connectivity index is 1.55. The topological polar surface area (TPSA) is 94.2 Å². The van der Waals surface area contributed by atoms with Crippen molar-refractivity contribution >= 4 is 28.4 Å². The van der Waals surface area contributed by atoms with Gasteiger partial charge in [0.2, 0.25) is 0 Å². The molecule has 3 aromatic rings. The number of H-pyrrole nitrogens is 1. The van der Waals surface area contributed by atoms with Crippen molar-refractivity contribution in [1.82, 2.24) is 10.3 Å². The fraction of sp³-hybridized carbons (Fsp3) is 0.111. The maximum Gasteiger partial charge on any atom is 0.313 e. The minimum atomic E-state index is -0.863. The van der Waals surface area contributed by atoms with E-state index >= 15 is 0 Å². The monoisotopic (exact) mass is 323 g/mol. The summed E-state index contributed by atoms with van der Waals surface area (Å²) in [6.07, 6.45) is 0.937. The molecule has 0 saturated carbocycles. The number of aromatic nitrogens is 1. The summed E-state index contributed by atoms with van der Waals surface area (Å²) in [6.45, 7) is -0.0358. The molecule has 3 rings (SSSR count). The number of rotatable bonds is 4. The number of aromatic amines is 1. The van der Waals surface area contributed by atoms with Gasteiger partial charge in [0, 0.05) is 23.9 Å². The van der Waals surface area contributed by atoms with Crippen molar-refractivity contribution < 1.29 is 14.7 Å². The molecular formula is C18H17N3O3. The van der Waals surface area contributed by atoms with Gasteiger partial charge in [-0.1, -0.05) is 36.4 Å². The van der Waals surface area contributed by atoms with Gasteiger partial charge in [-0.05, 0) is 29.1 Å². The number of hydrogen-bond donors (Lipinski definition) is 4. The van der Waals surface area contributed by atoms with E-state index in [1.807, 2.05) is 18.2 Å². The second kappa shape index (κ2) is 6.97. The summed E-state index contributed by atoms with van der Waals surface area (Å²) in [5, 5.41) is 16.0. The summed E-state index contributed by atoms with van der Waals surface area (Å²) in [5.41, 5.74) is 2.07. The molecule has 6 nitrogen and oxygen atoms in total. The van der Waals surface area contributed by atoms with Crippen LogP contribution in [0.15, 0.2) is 60.8 Å². The highest BCUT2D eigenvalue weighted by Gasteiger charge is 2.16. The molecule has 0 radical (unpaired) electrons. The minimum Gasteiger partial charge on any atom is -0.387 e. The average molecular weight is 323 g/mol. The molecule has 122 valence electrons. The average Bonchev–Trinajstić information content (AvgIpc) is 3.07. The van der Waals surface area contributed by atoms with E-state index in [4.69, 9.17) is 0 Å². The summed E-state index contributed by atoms with van der Waals surface area (Å²) >= 11 is 0. The minimum absolute atomic E-state index is 0.0358. The highest BCUT2D eigenvalue weighted by Crippen LogP contribution is 2.17. The number of fused-ring (bicyclic) bond motifs is 1. The van der Waals surface area contributed by atoms with Gasteiger partial charge in [0.15, 0.2) is 0 Å². The zero-order chi connectivity index (χ0) is 16.9. The number of aliphatic hydroxyl groups excluding tert-OH is 1. The van der Waals surface area contributed by atoms with Crippen molar-refractivity contribution in [2.45, 2.75) is 6.10 Å². The number of anilines is 1. The molecule has 0 aliphatic carbocycles. The van der Waals surface area contributed by atoms with Crippen LogP contribution in [0.5, 0.6) is 0 Å². The first-order valence-corrected chi connectivity index (χ1v) is 7.53. The molecule has 1 aromatic heterocycles. The molecule has 6 heteroatoms. The molecule has 2 amide bonds. The third kappa shape index (κ3) is 3.61. The number of carbonyl (C=O) groups is 2. The number of hydrogen-bond acceptors (Lipinski definition) is 3. The molecule has 1 unspecified atom stereocenters. The van der Waals surface area contributed by atoms with Crippen molar-refractivity contribution in [2.75, 3.05) is 11.9 Å². The maximum atomic E-state index is 11.9. The van der Waals surface area contributed by atoms with Crippen LogP contribution in [-0.4, -0.2) is 28.4 Å². The number of nitrogens with one attached hydrogen (secondary N) is 3. The van der Waals surface area contributed by atoms with Crippen LogP contribution in [0.25, 0.3) is 10.9 Å². The highest BCUT2D eigenvalue weighted by molar-refractivity contribution is 6.39. The number of benzene rings is 2. The van der Waals surface area contributed by atoms with Crippen LogP contribution in [0.1, 0.15) is 11.7 Å². The third-order valence-corrected chi connectivity index (χ3v) is 3.66. The number of carbonyl (C=O) groups excluding carboxylic acids is 2. The van der Waals surface area contributed by atoms with Gasteiger partial charge in [0.25, 0.3) is 0 Å². The molecule has 0 saturated heterocycles. The Labute approximate surface area is 138 Å². The molecule has 24 heavy (non-hydrogen) atoms. The Bertz CT molecular complexity index is 858. The second-order valence-electron chi connectivity index (χ2n) is 5.37. The summed E-state index contributed by atoms with van der Waals surface area (Å²) in [5.74, 6) is -1.57. The van der Waals surface area contributed by atoms with Gasteiger partial charge in [0.1, 0.15) is 0 Å². The lowest BCUT2D eigenvalue weighted by Crippen LogP contribution is -2.37. The van der Waals surface area contributed by atoms with Gasteiger partial charge in [-0.15, -0.1) is 0 Å². The van der Waals surface area contributed by atoms with E-state index in [9.17, 15) is 14.7 Å². The Morgan fingerprint density at radius 1 is 1.04 bits per heavy atom. The first-order chi connectivity index (χ1) is 11.6. The van der Waals surface area contributed by atoms with Gasteiger partial charge in [-0.25, -0.2) is 0 Å². The Kier molecular flexibility index (Phi) is 4.58. The smallest absolute Gasteiger partial charge is 0.313 e. The summed E-state index contributed by atoms with van der Waals surface area (Å²) in [6, 6.07) is 16.2. The fourth-order valence-corrected chi connectivity index (χ4v) is 2.38. The van der Waals surface area contributed by atoms with Crippen LogP contribution in [0, 0.1) is 0 Å². The molecule has 0 fully saturated rings. The van der Waals surface area contributed by atoms with Gasteiger partial charge < -0.3 is 20.7 Å². The van der Waals surface area contributed by atoms with Crippen LogP contribution in [0.3, 0.4) is 0 Å². The van der Waals surface area contributed by atoms with Gasteiger partial charge in [-0.3, -0.25) is 9.59 Å². The van der Waals surface area contributed by atoms with Crippen LogP contribution < -0.4 is 10.6 Å². The molecule has 2 aromatic carbocycles. The van der Waals surface area contributed by atoms with Crippen molar-refractivity contribution in [3.8, 4) is 0 Å². The standard InChI is InChI=1S/C18H17N3O3/c22-16(13-4-2-1-3-5-13)11-20-17(23)18(24)21-14-7-6-12-8-9-19-15(12)10-14/h1-10,16,19,22H,11H2,(H,20,23)(H,21,24). The lowest BCUT2D eigenvalue weighted by molar-refractivity contribution is -0.136. The largest absolute Gasteiger partial charge is 0.387 e. The molecule has 1 atom stereocenters. The summed E-state index contributed by atoms with van der Waals surface area (Å²) in [7, 11) is 0. The molecular weight excluding hydrogens is 306 g/mol. The normalized spacial score (nSPS) is 11.9. The first kappa shape index (κ1) is 15.8. The van der Waals surface area contributed by atoms with Gasteiger partial charge in [0.05, 0.1) is 6.10 Å². The third-order valence-electron chi connectivity index (χ3n) is 3.66. The van der Waals surface area contributed by atoms with Crippen molar-refractivity contribution in [2.24, 2.45) is 0 Å². The van der Waals surface area contributed by atoms with E-state index in [2.05, 4.69) is 15.6 Å². The van der Waals surface area contributed by atoms with Crippen LogP contribution in [0.2, 0.25) is 0 Å². The van der Waals surface area contributed by atoms with E-state index < -0.39 is 17.9 Å². The fourth-order valence-electron chi connectivity index (χ4n) is 2.38. The zero-order valence-electron chi connectivity index (χ0n) is 12.8. The van der Waals surface area contributed by atoms with Crippen molar-refractivity contribution in [3.05, 3.63) is 66.4 Å². The van der Waals surface area contributed by atoms with Crippen LogP contribution >= 0.6 is 0 Å². The quantitative estimate of drug-likeness (QED) is 0.553. The van der Waals surface area contributed by atoms with E-state index in [1.54, 1.807) is 42.6 Å². The molecule has 0 bridgehead atoms. The van der Waals surface area contributed by atoms with Crippen LogP contribution in [-0.2, 0) is 9.59 Å². The predicted molar refractivity (Wildman–Crippen MR) is 91.3 cm³/mol. The predicted octanol–water partition coefficient (Wildman–Crippen LogP) is 1.96. The van der Waals surface area contributed by atoms with Crippen molar-refractivity contribution in [1.29, 1.82) is 0 Å². The van der Waals surface area contributed by atoms with E-state index in [0.717, 1.165) is 10.9 Å². The van der Waals surface area contributed by atoms with E-state index in [0.29, 0.717) is 11.3 Å². The molecule has 0 aliphatic rings. The maximum absolute atomic E-state index is 11.9. The summed E-state index contributed by atoms with van der Waals surface area (Å²) < 4.78 is 0. The molecule has 0 aliphatic heterocycles. The number of aliphatic hydroxyl groups is 1. The SMILES string of the molecule is O=C(NCC(O)c1ccccc1)C(=O)Nc1ccc2cc[nH]c2c1. The Morgan fingerprint density at radius 3 is 2.62 bits per heavy atom. The molecule has 1 heterocycles. The Morgan fingerprint density at radius 2 is 1.83 bits per heavy atom. The molecule has 0 spiro atoms. The summed E-state index contributed by atoms with van der Waals surface area (Å²) in [4.78, 5) is 26.8. The van der Waals surface area contributed by atoms with Crippen LogP contribution in [0.4, 0.5) is 5.69 Å². The lowest BCUT2D eigenvalue weighted by Gasteiger charge is -2.12. The van der Waals surface area contributed by atoms with Gasteiger partial charge >= 0.3 is 11.8 Å². The molecule has 4 N–H and O–H groups in total. The van der Waals surface area contributed by atoms with Gasteiger partial charge in [-0.2, -0.15) is 0 Å². The zero-order valence-corrected chi connectivity index (χ0v) is 12.8. The first-order valence-electron chi connectivity index (χ1n) is 7.53. The Hall–Kier alpha value is -3.12. The lowest BCUT2D eigenvalue weighted by atomic mass is 10.1. The number of amides is 2.